The standard InChI is InChI=1S/C11H9N3O/c1-15-11-7-3-4-8-9(11)5-2-6-10(8)13-14-12/h2-7H,1H3. The summed E-state index contributed by atoms with van der Waals surface area (Å²) in [7, 11) is 1.62. The van der Waals surface area contributed by atoms with Gasteiger partial charge < -0.3 is 4.74 Å². The second-order valence-electron chi connectivity index (χ2n) is 3.02. The van der Waals surface area contributed by atoms with Crippen LogP contribution in [0.1, 0.15) is 0 Å². The third kappa shape index (κ3) is 1.58. The van der Waals surface area contributed by atoms with Gasteiger partial charge in [-0.05, 0) is 17.0 Å². The molecule has 0 saturated carbocycles. The number of fused-ring (bicyclic) bond motifs is 1. The van der Waals surface area contributed by atoms with Crippen LogP contribution in [0.4, 0.5) is 5.69 Å². The van der Waals surface area contributed by atoms with E-state index in [0.717, 1.165) is 16.5 Å². The van der Waals surface area contributed by atoms with E-state index in [0.29, 0.717) is 5.69 Å². The van der Waals surface area contributed by atoms with E-state index in [9.17, 15) is 0 Å². The molecule has 4 nitrogen and oxygen atoms in total. The van der Waals surface area contributed by atoms with Crippen LogP contribution in [0, 0.1) is 0 Å². The molecule has 0 spiro atoms. The van der Waals surface area contributed by atoms with E-state index >= 15 is 0 Å². The molecule has 0 atom stereocenters. The zero-order valence-electron chi connectivity index (χ0n) is 8.21. The van der Waals surface area contributed by atoms with Gasteiger partial charge in [-0.3, -0.25) is 0 Å². The Labute approximate surface area is 86.7 Å². The van der Waals surface area contributed by atoms with E-state index in [1.165, 1.54) is 0 Å². The van der Waals surface area contributed by atoms with E-state index in [4.69, 9.17) is 10.3 Å². The largest absolute Gasteiger partial charge is 0.496 e. The van der Waals surface area contributed by atoms with Crippen LogP contribution < -0.4 is 4.74 Å². The summed E-state index contributed by atoms with van der Waals surface area (Å²) in [5, 5.41) is 5.48. The van der Waals surface area contributed by atoms with Crippen LogP contribution in [0.25, 0.3) is 21.2 Å². The zero-order valence-corrected chi connectivity index (χ0v) is 8.21. The maximum Gasteiger partial charge on any atom is 0.126 e. The zero-order chi connectivity index (χ0) is 10.7. The summed E-state index contributed by atoms with van der Waals surface area (Å²) in [6.07, 6.45) is 0. The van der Waals surface area contributed by atoms with Gasteiger partial charge in [-0.15, -0.1) is 0 Å². The van der Waals surface area contributed by atoms with Gasteiger partial charge in [-0.25, -0.2) is 0 Å². The van der Waals surface area contributed by atoms with Gasteiger partial charge in [-0.1, -0.05) is 35.4 Å². The smallest absolute Gasteiger partial charge is 0.126 e. The number of methoxy groups -OCH3 is 1. The fourth-order valence-corrected chi connectivity index (χ4v) is 1.58. The van der Waals surface area contributed by atoms with Crippen molar-refractivity contribution in [3.63, 3.8) is 0 Å². The van der Waals surface area contributed by atoms with Gasteiger partial charge in [-0.2, -0.15) is 0 Å². The van der Waals surface area contributed by atoms with Crippen LogP contribution >= 0.6 is 0 Å². The molecule has 0 radical (unpaired) electrons. The van der Waals surface area contributed by atoms with Crippen LogP contribution in [0.3, 0.4) is 0 Å². The monoisotopic (exact) mass is 199 g/mol. The van der Waals surface area contributed by atoms with Gasteiger partial charge in [0, 0.05) is 16.0 Å². The maximum atomic E-state index is 8.43. The molecule has 4 heteroatoms. The molecule has 0 aliphatic carbocycles. The lowest BCUT2D eigenvalue weighted by Gasteiger charge is -2.06. The van der Waals surface area contributed by atoms with Crippen LogP contribution in [0.5, 0.6) is 5.75 Å². The van der Waals surface area contributed by atoms with Crippen LogP contribution in [0.15, 0.2) is 41.5 Å². The van der Waals surface area contributed by atoms with Gasteiger partial charge in [0.25, 0.3) is 0 Å². The molecule has 0 heterocycles. The van der Waals surface area contributed by atoms with Gasteiger partial charge in [0.05, 0.1) is 7.11 Å². The number of ether oxygens (including phenoxy) is 1. The molecule has 74 valence electrons. The van der Waals surface area contributed by atoms with E-state index in [1.807, 2.05) is 30.3 Å². The van der Waals surface area contributed by atoms with Gasteiger partial charge in [0.1, 0.15) is 5.75 Å². The summed E-state index contributed by atoms with van der Waals surface area (Å²) in [6, 6.07) is 11.2. The Morgan fingerprint density at radius 1 is 1.13 bits per heavy atom. The first-order valence-corrected chi connectivity index (χ1v) is 4.47. The predicted molar refractivity (Wildman–Crippen MR) is 59.3 cm³/mol. The molecule has 2 aromatic carbocycles. The van der Waals surface area contributed by atoms with Crippen molar-refractivity contribution in [2.24, 2.45) is 5.11 Å². The van der Waals surface area contributed by atoms with Gasteiger partial charge in [0.15, 0.2) is 0 Å². The summed E-state index contributed by atoms with van der Waals surface area (Å²) in [6.45, 7) is 0. The van der Waals surface area contributed by atoms with E-state index in [-0.39, 0.29) is 0 Å². The molecular formula is C11H9N3O. The quantitative estimate of drug-likeness (QED) is 0.412. The molecule has 0 N–H and O–H groups in total. The highest BCUT2D eigenvalue weighted by atomic mass is 16.5. The summed E-state index contributed by atoms with van der Waals surface area (Å²) in [5.74, 6) is 0.780. The lowest BCUT2D eigenvalue weighted by molar-refractivity contribution is 0.420. The number of rotatable bonds is 2. The van der Waals surface area contributed by atoms with Crippen molar-refractivity contribution >= 4 is 16.5 Å². The molecule has 0 fully saturated rings. The molecule has 0 saturated heterocycles. The molecule has 15 heavy (non-hydrogen) atoms. The van der Waals surface area contributed by atoms with E-state index < -0.39 is 0 Å². The second kappa shape index (κ2) is 3.90. The average Bonchev–Trinajstić information content (AvgIpc) is 2.29. The van der Waals surface area contributed by atoms with E-state index in [1.54, 1.807) is 13.2 Å². The Bertz CT molecular complexity index is 545. The van der Waals surface area contributed by atoms with Gasteiger partial charge >= 0.3 is 0 Å². The van der Waals surface area contributed by atoms with Gasteiger partial charge in [0.2, 0.25) is 0 Å². The third-order valence-corrected chi connectivity index (χ3v) is 2.23. The maximum absolute atomic E-state index is 8.43. The van der Waals surface area contributed by atoms with Crippen molar-refractivity contribution in [2.45, 2.75) is 0 Å². The Kier molecular flexibility index (Phi) is 2.44. The Morgan fingerprint density at radius 3 is 2.60 bits per heavy atom. The third-order valence-electron chi connectivity index (χ3n) is 2.23. The summed E-state index contributed by atoms with van der Waals surface area (Å²) < 4.78 is 5.23. The lowest BCUT2D eigenvalue weighted by atomic mass is 10.1. The Morgan fingerprint density at radius 2 is 1.87 bits per heavy atom. The van der Waals surface area contributed by atoms with Crippen molar-refractivity contribution in [1.82, 2.24) is 0 Å². The van der Waals surface area contributed by atoms with Crippen LogP contribution in [-0.2, 0) is 0 Å². The van der Waals surface area contributed by atoms with Crippen LogP contribution in [0.2, 0.25) is 0 Å². The molecule has 0 unspecified atom stereocenters. The topological polar surface area (TPSA) is 58.0 Å². The molecular weight excluding hydrogens is 190 g/mol. The summed E-state index contributed by atoms with van der Waals surface area (Å²) in [4.78, 5) is 2.80. The highest BCUT2D eigenvalue weighted by molar-refractivity contribution is 5.96. The molecule has 0 aliphatic heterocycles. The molecule has 0 amide bonds. The molecule has 0 bridgehead atoms. The van der Waals surface area contributed by atoms with Crippen molar-refractivity contribution < 1.29 is 4.74 Å². The highest BCUT2D eigenvalue weighted by Crippen LogP contribution is 2.31. The normalized spacial score (nSPS) is 9.67. The SMILES string of the molecule is COc1cccc2c(N=[N+]=[N-])cccc12. The number of hydrogen-bond donors (Lipinski definition) is 0. The Balaban J connectivity index is 2.81. The van der Waals surface area contributed by atoms with Crippen molar-refractivity contribution in [2.75, 3.05) is 7.11 Å². The average molecular weight is 199 g/mol. The van der Waals surface area contributed by atoms with Crippen molar-refractivity contribution in [1.29, 1.82) is 0 Å². The number of nitrogens with zero attached hydrogens (tertiary/aromatic N) is 3. The minimum absolute atomic E-state index is 0.619. The first kappa shape index (κ1) is 9.37. The van der Waals surface area contributed by atoms with Crippen molar-refractivity contribution in [3.05, 3.63) is 46.8 Å². The fraction of sp³-hybridized carbons (Fsp3) is 0.0909. The van der Waals surface area contributed by atoms with Crippen molar-refractivity contribution in [3.8, 4) is 5.75 Å². The minimum Gasteiger partial charge on any atom is -0.496 e. The first-order chi connectivity index (χ1) is 7.36. The predicted octanol–water partition coefficient (Wildman–Crippen LogP) is 3.79. The molecule has 0 aromatic heterocycles. The Hall–Kier alpha value is -2.19. The summed E-state index contributed by atoms with van der Waals surface area (Å²) in [5.41, 5.74) is 9.05. The fourth-order valence-electron chi connectivity index (χ4n) is 1.58. The number of benzene rings is 2. The molecule has 2 rings (SSSR count). The molecule has 0 aliphatic rings. The molecule has 2 aromatic rings. The summed E-state index contributed by atoms with van der Waals surface area (Å²) >= 11 is 0. The lowest BCUT2D eigenvalue weighted by Crippen LogP contribution is -1.84. The second-order valence-corrected chi connectivity index (χ2v) is 3.02. The first-order valence-electron chi connectivity index (χ1n) is 4.47. The minimum atomic E-state index is 0.619. The number of azide groups is 1. The highest BCUT2D eigenvalue weighted by Gasteiger charge is 2.02. The van der Waals surface area contributed by atoms with Crippen LogP contribution in [-0.4, -0.2) is 7.11 Å². The van der Waals surface area contributed by atoms with E-state index in [2.05, 4.69) is 10.0 Å². The number of hydrogen-bond acceptors (Lipinski definition) is 2.